The van der Waals surface area contributed by atoms with Gasteiger partial charge in [0.05, 0.1) is 21.7 Å². The Bertz CT molecular complexity index is 1480. The van der Waals surface area contributed by atoms with Crippen molar-refractivity contribution in [3.63, 3.8) is 0 Å². The average Bonchev–Trinajstić information content (AvgIpc) is 3.45. The van der Waals surface area contributed by atoms with Crippen molar-refractivity contribution in [2.45, 2.75) is 31.1 Å². The van der Waals surface area contributed by atoms with Gasteiger partial charge in [0, 0.05) is 6.54 Å². The molecule has 11 heteroatoms. The molecule has 0 fully saturated rings. The van der Waals surface area contributed by atoms with Gasteiger partial charge in [-0.2, -0.15) is 0 Å². The summed E-state index contributed by atoms with van der Waals surface area (Å²) in [4.78, 5) is 12.8. The van der Waals surface area contributed by atoms with Crippen molar-refractivity contribution < 1.29 is 9.15 Å². The first-order chi connectivity index (χ1) is 15.7. The second kappa shape index (κ2) is 8.64. The fraction of sp³-hybridized carbons (Fsp3) is 0.190. The lowest BCUT2D eigenvalue weighted by molar-refractivity contribution is 0.252. The smallest absolute Gasteiger partial charge is 0.277 e. The monoisotopic (exact) mass is 468 g/mol. The molecule has 3 heterocycles. The van der Waals surface area contributed by atoms with Crippen molar-refractivity contribution in [1.29, 1.82) is 0 Å². The Hall–Kier alpha value is -3.37. The van der Waals surface area contributed by atoms with Crippen LogP contribution in [0.1, 0.15) is 18.6 Å². The van der Waals surface area contributed by atoms with Crippen LogP contribution in [0.5, 0.6) is 5.75 Å². The normalized spacial score (nSPS) is 11.4. The van der Waals surface area contributed by atoms with Gasteiger partial charge >= 0.3 is 0 Å². The largest absolute Gasteiger partial charge is 0.482 e. The second-order valence-electron chi connectivity index (χ2n) is 6.79. The zero-order valence-corrected chi connectivity index (χ0v) is 18.5. The minimum atomic E-state index is -0.0812. The van der Waals surface area contributed by atoms with Crippen LogP contribution in [0.15, 0.2) is 63.0 Å². The van der Waals surface area contributed by atoms with E-state index >= 15 is 0 Å². The summed E-state index contributed by atoms with van der Waals surface area (Å²) < 4.78 is 14.8. The minimum absolute atomic E-state index is 0.0812. The Balaban J connectivity index is 1.37. The zero-order valence-electron chi connectivity index (χ0n) is 16.9. The first-order valence-corrected chi connectivity index (χ1v) is 11.2. The number of thioether (sulfide) groups is 1. The van der Waals surface area contributed by atoms with Crippen LogP contribution >= 0.6 is 23.4 Å². The third kappa shape index (κ3) is 3.71. The molecule has 0 atom stereocenters. The van der Waals surface area contributed by atoms with Crippen LogP contribution < -0.4 is 10.3 Å². The highest BCUT2D eigenvalue weighted by atomic mass is 35.5. The number of nitrogens with zero attached hydrogens (tertiary/aromatic N) is 6. The Morgan fingerprint density at radius 2 is 1.88 bits per heavy atom. The minimum Gasteiger partial charge on any atom is -0.482 e. The number of hydrogen-bond acceptors (Lipinski definition) is 8. The molecule has 0 bridgehead atoms. The van der Waals surface area contributed by atoms with E-state index in [9.17, 15) is 4.79 Å². The molecule has 2 aromatic carbocycles. The van der Waals surface area contributed by atoms with Gasteiger partial charge in [0.15, 0.2) is 6.61 Å². The van der Waals surface area contributed by atoms with E-state index in [1.807, 2.05) is 47.7 Å². The molecular formula is C21H17ClN6O3S. The fourth-order valence-corrected chi connectivity index (χ4v) is 4.26. The van der Waals surface area contributed by atoms with Gasteiger partial charge in [-0.05, 0) is 31.2 Å². The molecule has 0 saturated carbocycles. The van der Waals surface area contributed by atoms with E-state index in [4.69, 9.17) is 20.8 Å². The summed E-state index contributed by atoms with van der Waals surface area (Å²) >= 11 is 7.42. The van der Waals surface area contributed by atoms with Crippen LogP contribution in [0.4, 0.5) is 0 Å². The molecule has 9 nitrogen and oxygen atoms in total. The molecule has 0 spiro atoms. The number of aryl methyl sites for hydroxylation is 1. The maximum atomic E-state index is 12.8. The van der Waals surface area contributed by atoms with Gasteiger partial charge in [-0.3, -0.25) is 13.8 Å². The Kier molecular flexibility index (Phi) is 5.54. The Morgan fingerprint density at radius 3 is 2.72 bits per heavy atom. The van der Waals surface area contributed by atoms with Crippen LogP contribution in [0.25, 0.3) is 16.7 Å². The number of ether oxygens (including phenoxy) is 1. The maximum Gasteiger partial charge on any atom is 0.277 e. The molecular weight excluding hydrogens is 452 g/mol. The summed E-state index contributed by atoms with van der Waals surface area (Å²) in [6.45, 7) is 2.51. The predicted octanol–water partition coefficient (Wildman–Crippen LogP) is 3.97. The van der Waals surface area contributed by atoms with E-state index in [0.717, 1.165) is 5.52 Å². The number of halogens is 1. The topological polar surface area (TPSA) is 100 Å². The van der Waals surface area contributed by atoms with Crippen LogP contribution in [0.3, 0.4) is 0 Å². The molecule has 0 radical (unpaired) electrons. The molecule has 0 amide bonds. The summed E-state index contributed by atoms with van der Waals surface area (Å²) in [7, 11) is 0. The van der Waals surface area contributed by atoms with Gasteiger partial charge < -0.3 is 9.15 Å². The van der Waals surface area contributed by atoms with Crippen molar-refractivity contribution in [2.24, 2.45) is 0 Å². The van der Waals surface area contributed by atoms with Crippen molar-refractivity contribution in [2.75, 3.05) is 0 Å². The van der Waals surface area contributed by atoms with Gasteiger partial charge in [-0.1, -0.05) is 47.6 Å². The van der Waals surface area contributed by atoms with Gasteiger partial charge in [-0.15, -0.1) is 20.4 Å². The lowest BCUT2D eigenvalue weighted by Gasteiger charge is -2.09. The van der Waals surface area contributed by atoms with E-state index < -0.39 is 0 Å². The number of para-hydroxylation sites is 2. The summed E-state index contributed by atoms with van der Waals surface area (Å²) in [5, 5.41) is 18.1. The molecule has 0 aliphatic heterocycles. The number of benzene rings is 2. The van der Waals surface area contributed by atoms with Crippen LogP contribution in [-0.2, 0) is 18.9 Å². The van der Waals surface area contributed by atoms with Crippen molar-refractivity contribution in [3.8, 4) is 5.75 Å². The third-order valence-corrected chi connectivity index (χ3v) is 5.98. The molecule has 0 aliphatic carbocycles. The summed E-state index contributed by atoms with van der Waals surface area (Å²) in [6, 6.07) is 14.6. The molecule has 5 rings (SSSR count). The van der Waals surface area contributed by atoms with E-state index in [2.05, 4.69) is 20.4 Å². The van der Waals surface area contributed by atoms with Crippen molar-refractivity contribution in [1.82, 2.24) is 29.4 Å². The Morgan fingerprint density at radius 1 is 1.06 bits per heavy atom. The lowest BCUT2D eigenvalue weighted by atomic mass is 10.2. The molecule has 162 valence electrons. The molecule has 0 N–H and O–H groups in total. The molecule has 5 aromatic rings. The highest BCUT2D eigenvalue weighted by Crippen LogP contribution is 2.26. The molecule has 32 heavy (non-hydrogen) atoms. The zero-order chi connectivity index (χ0) is 22.1. The predicted molar refractivity (Wildman–Crippen MR) is 120 cm³/mol. The van der Waals surface area contributed by atoms with E-state index in [-0.39, 0.29) is 12.2 Å². The number of rotatable bonds is 7. The van der Waals surface area contributed by atoms with E-state index in [1.165, 1.54) is 11.8 Å². The van der Waals surface area contributed by atoms with E-state index in [1.54, 1.807) is 16.7 Å². The summed E-state index contributed by atoms with van der Waals surface area (Å²) in [5.41, 5.74) is 0.680. The number of aromatic nitrogens is 6. The van der Waals surface area contributed by atoms with E-state index in [0.29, 0.717) is 51.2 Å². The third-order valence-electron chi connectivity index (χ3n) is 4.85. The first kappa shape index (κ1) is 20.5. The molecule has 0 saturated heterocycles. The maximum absolute atomic E-state index is 12.8. The highest BCUT2D eigenvalue weighted by molar-refractivity contribution is 7.98. The van der Waals surface area contributed by atoms with Gasteiger partial charge in [-0.25, -0.2) is 0 Å². The van der Waals surface area contributed by atoms with Gasteiger partial charge in [0.2, 0.25) is 5.78 Å². The number of hydrogen-bond donors (Lipinski definition) is 0. The quantitative estimate of drug-likeness (QED) is 0.331. The second-order valence-corrected chi connectivity index (χ2v) is 8.12. The van der Waals surface area contributed by atoms with Crippen molar-refractivity contribution in [3.05, 3.63) is 75.6 Å². The standard InChI is InChI=1S/C21H17ClN6O3S/c1-2-27-19(29)13-7-3-5-9-15(13)28-17(23-25-20(27)28)12-32-21-26-24-18(31-21)11-30-16-10-6-4-8-14(16)22/h3-10H,2,11-12H2,1H3. The summed E-state index contributed by atoms with van der Waals surface area (Å²) in [5.74, 6) is 2.50. The molecule has 0 aliphatic rings. The highest BCUT2D eigenvalue weighted by Gasteiger charge is 2.17. The molecule has 0 unspecified atom stereocenters. The SMILES string of the molecule is CCn1c(=O)c2ccccc2n2c(CSc3nnc(COc4ccccc4Cl)o3)nnc12. The fourth-order valence-electron chi connectivity index (χ4n) is 3.38. The number of fused-ring (bicyclic) bond motifs is 3. The van der Waals surface area contributed by atoms with Crippen LogP contribution in [0, 0.1) is 0 Å². The summed E-state index contributed by atoms with van der Waals surface area (Å²) in [6.07, 6.45) is 0. The first-order valence-electron chi connectivity index (χ1n) is 9.83. The van der Waals surface area contributed by atoms with Crippen LogP contribution in [0.2, 0.25) is 5.02 Å². The van der Waals surface area contributed by atoms with Gasteiger partial charge in [0.25, 0.3) is 16.7 Å². The molecule has 3 aromatic heterocycles. The van der Waals surface area contributed by atoms with Crippen molar-refractivity contribution >= 4 is 40.0 Å². The Labute approximate surface area is 191 Å². The average molecular weight is 469 g/mol. The van der Waals surface area contributed by atoms with Crippen LogP contribution in [-0.4, -0.2) is 29.4 Å². The lowest BCUT2D eigenvalue weighted by Crippen LogP contribution is -2.22. The van der Waals surface area contributed by atoms with Gasteiger partial charge in [0.1, 0.15) is 11.6 Å².